The average molecular weight is 286 g/mol. The number of hydrazine groups is 1. The smallest absolute Gasteiger partial charge is 0.131 e. The fourth-order valence-electron chi connectivity index (χ4n) is 3.06. The fraction of sp³-hybridized carbons (Fsp3) is 0.294. The molecule has 0 amide bonds. The largest absolute Gasteiger partial charge is 0.497 e. The Morgan fingerprint density at radius 3 is 2.43 bits per heavy atom. The summed E-state index contributed by atoms with van der Waals surface area (Å²) >= 11 is 0. The van der Waals surface area contributed by atoms with Gasteiger partial charge in [-0.25, -0.2) is 4.39 Å². The molecule has 1 aliphatic carbocycles. The molecular formula is C17H19FN2O. The molecule has 21 heavy (non-hydrogen) atoms. The van der Waals surface area contributed by atoms with Crippen molar-refractivity contribution < 1.29 is 9.13 Å². The second kappa shape index (κ2) is 5.47. The molecule has 0 aliphatic heterocycles. The maximum atomic E-state index is 14.4. The highest BCUT2D eigenvalue weighted by Crippen LogP contribution is 2.56. The van der Waals surface area contributed by atoms with Gasteiger partial charge in [-0.15, -0.1) is 0 Å². The molecule has 3 nitrogen and oxygen atoms in total. The zero-order valence-corrected chi connectivity index (χ0v) is 12.0. The third-order valence-corrected chi connectivity index (χ3v) is 4.38. The van der Waals surface area contributed by atoms with Crippen LogP contribution >= 0.6 is 0 Å². The Bertz CT molecular complexity index is 626. The second-order valence-corrected chi connectivity index (χ2v) is 5.51. The molecule has 0 spiro atoms. The van der Waals surface area contributed by atoms with Crippen LogP contribution in [0.5, 0.6) is 5.75 Å². The third kappa shape index (κ3) is 2.41. The van der Waals surface area contributed by atoms with Crippen molar-refractivity contribution in [3.05, 3.63) is 65.5 Å². The minimum atomic E-state index is -0.292. The molecule has 2 aromatic rings. The van der Waals surface area contributed by atoms with Crippen LogP contribution in [0.1, 0.15) is 30.0 Å². The minimum Gasteiger partial charge on any atom is -0.497 e. The quantitative estimate of drug-likeness (QED) is 0.656. The van der Waals surface area contributed by atoms with E-state index in [1.807, 2.05) is 18.2 Å². The van der Waals surface area contributed by atoms with Crippen molar-refractivity contribution in [2.75, 3.05) is 7.11 Å². The number of hydrogen-bond donors (Lipinski definition) is 2. The summed E-state index contributed by atoms with van der Waals surface area (Å²) in [5.74, 6) is 5.98. The summed E-state index contributed by atoms with van der Waals surface area (Å²) in [6, 6.07) is 14.8. The summed E-state index contributed by atoms with van der Waals surface area (Å²) in [4.78, 5) is 0. The molecule has 2 aromatic carbocycles. The first kappa shape index (κ1) is 14.0. The van der Waals surface area contributed by atoms with E-state index in [9.17, 15) is 4.39 Å². The molecule has 0 heterocycles. The number of hydrogen-bond acceptors (Lipinski definition) is 3. The molecule has 0 saturated heterocycles. The zero-order valence-electron chi connectivity index (χ0n) is 12.0. The van der Waals surface area contributed by atoms with Crippen LogP contribution in [0.3, 0.4) is 0 Å². The Labute approximate surface area is 123 Å². The molecule has 1 fully saturated rings. The van der Waals surface area contributed by atoms with E-state index in [-0.39, 0.29) is 17.3 Å². The summed E-state index contributed by atoms with van der Waals surface area (Å²) in [7, 11) is 1.53. The Morgan fingerprint density at radius 2 is 1.90 bits per heavy atom. The van der Waals surface area contributed by atoms with E-state index in [1.54, 1.807) is 12.1 Å². The molecule has 0 aromatic heterocycles. The van der Waals surface area contributed by atoms with Crippen LogP contribution in [0.2, 0.25) is 0 Å². The summed E-state index contributed by atoms with van der Waals surface area (Å²) in [5.41, 5.74) is 4.48. The first-order chi connectivity index (χ1) is 10.2. The van der Waals surface area contributed by atoms with E-state index in [0.717, 1.165) is 12.8 Å². The molecule has 1 atom stereocenters. The van der Waals surface area contributed by atoms with E-state index in [2.05, 4.69) is 17.6 Å². The molecule has 1 aliphatic rings. The molecule has 3 rings (SSSR count). The van der Waals surface area contributed by atoms with E-state index in [0.29, 0.717) is 11.3 Å². The van der Waals surface area contributed by atoms with Gasteiger partial charge in [-0.05, 0) is 24.5 Å². The van der Waals surface area contributed by atoms with Crippen molar-refractivity contribution in [3.8, 4) is 5.75 Å². The number of nitrogens with one attached hydrogen (secondary N) is 1. The van der Waals surface area contributed by atoms with Gasteiger partial charge in [0.15, 0.2) is 0 Å². The highest BCUT2D eigenvalue weighted by Gasteiger charge is 2.51. The van der Waals surface area contributed by atoms with Crippen LogP contribution in [0.4, 0.5) is 4.39 Å². The number of ether oxygens (including phenoxy) is 1. The minimum absolute atomic E-state index is 0.120. The molecule has 1 unspecified atom stereocenters. The standard InChI is InChI=1S/C17H19FN2O/c1-21-13-7-8-14(15(18)11-13)16(20-19)17(9-10-17)12-5-3-2-4-6-12/h2-8,11,16,20H,9-10,19H2,1H3. The normalized spacial score (nSPS) is 17.3. The third-order valence-electron chi connectivity index (χ3n) is 4.38. The lowest BCUT2D eigenvalue weighted by molar-refractivity contribution is 0.400. The predicted octanol–water partition coefficient (Wildman–Crippen LogP) is 3.07. The van der Waals surface area contributed by atoms with Gasteiger partial charge in [0.25, 0.3) is 0 Å². The summed E-state index contributed by atoms with van der Waals surface area (Å²) in [6.45, 7) is 0. The Morgan fingerprint density at radius 1 is 1.19 bits per heavy atom. The van der Waals surface area contributed by atoms with Gasteiger partial charge in [0.2, 0.25) is 0 Å². The summed E-state index contributed by atoms with van der Waals surface area (Å²) in [6.07, 6.45) is 1.99. The lowest BCUT2D eigenvalue weighted by atomic mass is 9.84. The number of nitrogens with two attached hydrogens (primary N) is 1. The van der Waals surface area contributed by atoms with Crippen LogP contribution in [-0.2, 0) is 5.41 Å². The van der Waals surface area contributed by atoms with Gasteiger partial charge < -0.3 is 4.74 Å². The zero-order chi connectivity index (χ0) is 14.9. The van der Waals surface area contributed by atoms with Gasteiger partial charge in [0.1, 0.15) is 11.6 Å². The molecule has 3 N–H and O–H groups in total. The van der Waals surface area contributed by atoms with Crippen LogP contribution in [0, 0.1) is 5.82 Å². The Kier molecular flexibility index (Phi) is 3.66. The van der Waals surface area contributed by atoms with E-state index < -0.39 is 0 Å². The van der Waals surface area contributed by atoms with Crippen molar-refractivity contribution in [2.45, 2.75) is 24.3 Å². The number of methoxy groups -OCH3 is 1. The number of halogens is 1. The van der Waals surface area contributed by atoms with E-state index >= 15 is 0 Å². The molecule has 1 saturated carbocycles. The Hall–Kier alpha value is -1.91. The molecule has 0 bridgehead atoms. The number of rotatable bonds is 5. The highest BCUT2D eigenvalue weighted by molar-refractivity contribution is 5.40. The van der Waals surface area contributed by atoms with Gasteiger partial charge in [-0.1, -0.05) is 36.4 Å². The SMILES string of the molecule is COc1ccc(C(NN)C2(c3ccccc3)CC2)c(F)c1. The van der Waals surface area contributed by atoms with Crippen molar-refractivity contribution in [1.29, 1.82) is 0 Å². The maximum absolute atomic E-state index is 14.4. The van der Waals surface area contributed by atoms with Gasteiger partial charge >= 0.3 is 0 Å². The van der Waals surface area contributed by atoms with Gasteiger partial charge in [0.05, 0.1) is 13.2 Å². The van der Waals surface area contributed by atoms with Crippen molar-refractivity contribution in [2.24, 2.45) is 5.84 Å². The lowest BCUT2D eigenvalue weighted by Crippen LogP contribution is -2.37. The lowest BCUT2D eigenvalue weighted by Gasteiger charge is -2.28. The molecular weight excluding hydrogens is 267 g/mol. The fourth-order valence-corrected chi connectivity index (χ4v) is 3.06. The monoisotopic (exact) mass is 286 g/mol. The molecule has 110 valence electrons. The summed E-state index contributed by atoms with van der Waals surface area (Å²) < 4.78 is 19.4. The van der Waals surface area contributed by atoms with Crippen LogP contribution < -0.4 is 16.0 Å². The second-order valence-electron chi connectivity index (χ2n) is 5.51. The van der Waals surface area contributed by atoms with Gasteiger partial charge in [0, 0.05) is 17.0 Å². The number of benzene rings is 2. The first-order valence-corrected chi connectivity index (χ1v) is 7.06. The van der Waals surface area contributed by atoms with Gasteiger partial charge in [-0.2, -0.15) is 0 Å². The molecule has 0 radical (unpaired) electrons. The van der Waals surface area contributed by atoms with E-state index in [1.165, 1.54) is 18.7 Å². The van der Waals surface area contributed by atoms with Crippen LogP contribution in [0.25, 0.3) is 0 Å². The maximum Gasteiger partial charge on any atom is 0.131 e. The highest BCUT2D eigenvalue weighted by atomic mass is 19.1. The topological polar surface area (TPSA) is 47.3 Å². The molecule has 4 heteroatoms. The van der Waals surface area contributed by atoms with Crippen molar-refractivity contribution >= 4 is 0 Å². The predicted molar refractivity (Wildman–Crippen MR) is 80.4 cm³/mol. The van der Waals surface area contributed by atoms with Crippen LogP contribution in [-0.4, -0.2) is 7.11 Å². The Balaban J connectivity index is 1.99. The van der Waals surface area contributed by atoms with Crippen molar-refractivity contribution in [1.82, 2.24) is 5.43 Å². The van der Waals surface area contributed by atoms with E-state index in [4.69, 9.17) is 10.6 Å². The summed E-state index contributed by atoms with van der Waals surface area (Å²) in [5, 5.41) is 0. The van der Waals surface area contributed by atoms with Crippen molar-refractivity contribution in [3.63, 3.8) is 0 Å². The average Bonchev–Trinajstić information content (AvgIpc) is 3.32. The van der Waals surface area contributed by atoms with Gasteiger partial charge in [-0.3, -0.25) is 11.3 Å². The van der Waals surface area contributed by atoms with Crippen LogP contribution in [0.15, 0.2) is 48.5 Å². The first-order valence-electron chi connectivity index (χ1n) is 7.06.